The summed E-state index contributed by atoms with van der Waals surface area (Å²) >= 11 is 0. The summed E-state index contributed by atoms with van der Waals surface area (Å²) in [5.74, 6) is -1.93. The molecule has 1 amide bonds. The summed E-state index contributed by atoms with van der Waals surface area (Å²) in [6, 6.07) is 16.2. The topological polar surface area (TPSA) is 68.0 Å². The number of rotatable bonds is 5. The number of nitrogens with zero attached hydrogens (tertiary/aromatic N) is 2. The Hall–Kier alpha value is -3.16. The van der Waals surface area contributed by atoms with Crippen LogP contribution in [0.4, 0.5) is 13.2 Å². The van der Waals surface area contributed by atoms with Gasteiger partial charge in [-0.05, 0) is 30.5 Å². The summed E-state index contributed by atoms with van der Waals surface area (Å²) in [7, 11) is 0. The molecule has 0 unspecified atom stereocenters. The predicted molar refractivity (Wildman–Crippen MR) is 99.0 cm³/mol. The zero-order valence-corrected chi connectivity index (χ0v) is 15.4. The van der Waals surface area contributed by atoms with Gasteiger partial charge >= 0.3 is 12.1 Å². The monoisotopic (exact) mass is 401 g/mol. The Morgan fingerprint density at radius 2 is 1.86 bits per heavy atom. The normalized spacial score (nSPS) is 15.6. The molecule has 0 bridgehead atoms. The first-order chi connectivity index (χ1) is 13.9. The van der Waals surface area contributed by atoms with Gasteiger partial charge in [-0.2, -0.15) is 18.2 Å². The highest BCUT2D eigenvalue weighted by Crippen LogP contribution is 2.43. The van der Waals surface area contributed by atoms with Crippen molar-refractivity contribution in [2.75, 3.05) is 6.54 Å². The van der Waals surface area contributed by atoms with Crippen molar-refractivity contribution in [3.63, 3.8) is 0 Å². The van der Waals surface area contributed by atoms with Crippen LogP contribution in [0.5, 0.6) is 0 Å². The fourth-order valence-corrected chi connectivity index (χ4v) is 3.57. The maximum Gasteiger partial charge on any atom is 0.471 e. The van der Waals surface area contributed by atoms with Gasteiger partial charge in [0.25, 0.3) is 5.91 Å². The Labute approximate surface area is 164 Å². The molecule has 4 rings (SSSR count). The van der Waals surface area contributed by atoms with Gasteiger partial charge in [-0.1, -0.05) is 54.0 Å². The third-order valence-corrected chi connectivity index (χ3v) is 5.34. The number of benzene rings is 2. The summed E-state index contributed by atoms with van der Waals surface area (Å²) < 4.78 is 42.2. The first kappa shape index (κ1) is 19.2. The van der Waals surface area contributed by atoms with Crippen LogP contribution in [-0.2, 0) is 11.6 Å². The Morgan fingerprint density at radius 1 is 1.10 bits per heavy atom. The lowest BCUT2D eigenvalue weighted by Gasteiger charge is -2.42. The average Bonchev–Trinajstić information content (AvgIpc) is 3.19. The van der Waals surface area contributed by atoms with E-state index in [1.54, 1.807) is 12.1 Å². The van der Waals surface area contributed by atoms with Crippen LogP contribution in [0.3, 0.4) is 0 Å². The summed E-state index contributed by atoms with van der Waals surface area (Å²) in [5, 5.41) is 6.33. The van der Waals surface area contributed by atoms with Gasteiger partial charge in [0.05, 0.1) is 0 Å². The number of nitrogens with one attached hydrogen (secondary N) is 1. The number of aromatic nitrogens is 2. The highest BCUT2D eigenvalue weighted by atomic mass is 19.4. The molecule has 1 saturated carbocycles. The number of hydrogen-bond donors (Lipinski definition) is 1. The van der Waals surface area contributed by atoms with Gasteiger partial charge in [-0.15, -0.1) is 0 Å². The maximum absolute atomic E-state index is 12.7. The molecule has 0 atom stereocenters. The van der Waals surface area contributed by atoms with E-state index in [2.05, 4.69) is 32.1 Å². The fraction of sp³-hybridized carbons (Fsp3) is 0.286. The largest absolute Gasteiger partial charge is 0.471 e. The second kappa shape index (κ2) is 7.35. The van der Waals surface area contributed by atoms with E-state index in [9.17, 15) is 18.0 Å². The number of amides is 1. The molecule has 3 aromatic rings. The molecule has 1 heterocycles. The molecule has 1 aromatic heterocycles. The first-order valence-electron chi connectivity index (χ1n) is 9.22. The van der Waals surface area contributed by atoms with Gasteiger partial charge in [0.15, 0.2) is 0 Å². The highest BCUT2D eigenvalue weighted by Gasteiger charge is 2.39. The first-order valence-corrected chi connectivity index (χ1v) is 9.22. The lowest BCUT2D eigenvalue weighted by atomic mass is 9.64. The number of carbonyl (C=O) groups excluding carboxylic acids is 1. The highest BCUT2D eigenvalue weighted by molar-refractivity contribution is 5.95. The van der Waals surface area contributed by atoms with E-state index in [1.807, 2.05) is 18.2 Å². The second-order valence-electron chi connectivity index (χ2n) is 7.18. The van der Waals surface area contributed by atoms with Crippen molar-refractivity contribution in [2.45, 2.75) is 30.9 Å². The SMILES string of the molecule is O=C(NCC1(c2ccccc2)CCC1)c1cccc(-c2noc(C(F)(F)F)n2)c1. The zero-order valence-electron chi connectivity index (χ0n) is 15.4. The summed E-state index contributed by atoms with van der Waals surface area (Å²) in [6.07, 6.45) is -1.60. The van der Waals surface area contributed by atoms with Crippen LogP contribution >= 0.6 is 0 Å². The minimum atomic E-state index is -4.71. The van der Waals surface area contributed by atoms with Crippen molar-refractivity contribution in [2.24, 2.45) is 0 Å². The smallest absolute Gasteiger partial charge is 0.351 e. The lowest BCUT2D eigenvalue weighted by Crippen LogP contribution is -2.45. The third kappa shape index (κ3) is 3.87. The van der Waals surface area contributed by atoms with E-state index >= 15 is 0 Å². The maximum atomic E-state index is 12.7. The van der Waals surface area contributed by atoms with Crippen molar-refractivity contribution in [1.82, 2.24) is 15.5 Å². The molecule has 1 fully saturated rings. The minimum Gasteiger partial charge on any atom is -0.351 e. The minimum absolute atomic E-state index is 0.0657. The van der Waals surface area contributed by atoms with E-state index in [1.165, 1.54) is 17.7 Å². The lowest BCUT2D eigenvalue weighted by molar-refractivity contribution is -0.159. The molecule has 5 nitrogen and oxygen atoms in total. The van der Waals surface area contributed by atoms with Crippen LogP contribution < -0.4 is 5.32 Å². The van der Waals surface area contributed by atoms with Crippen LogP contribution in [0, 0.1) is 0 Å². The van der Waals surface area contributed by atoms with Crippen molar-refractivity contribution >= 4 is 5.91 Å². The number of carbonyl (C=O) groups is 1. The summed E-state index contributed by atoms with van der Waals surface area (Å²) in [5.41, 5.74) is 1.73. The molecule has 0 spiro atoms. The standard InChI is InChI=1S/C21H18F3N3O2/c22-21(23,24)19-26-17(27-29-19)14-6-4-7-15(12-14)18(28)25-13-20(10-5-11-20)16-8-2-1-3-9-16/h1-4,6-9,12H,5,10-11,13H2,(H,25,28). The Morgan fingerprint density at radius 3 is 2.48 bits per heavy atom. The molecular weight excluding hydrogens is 383 g/mol. The van der Waals surface area contributed by atoms with Crippen molar-refractivity contribution in [3.05, 3.63) is 71.6 Å². The predicted octanol–water partition coefficient (Wildman–Crippen LogP) is 4.61. The van der Waals surface area contributed by atoms with Gasteiger partial charge < -0.3 is 9.84 Å². The number of alkyl halides is 3. The van der Waals surface area contributed by atoms with E-state index < -0.39 is 12.1 Å². The van der Waals surface area contributed by atoms with Gasteiger partial charge in [0.1, 0.15) is 0 Å². The quantitative estimate of drug-likeness (QED) is 0.678. The van der Waals surface area contributed by atoms with E-state index in [0.717, 1.165) is 19.3 Å². The summed E-state index contributed by atoms with van der Waals surface area (Å²) in [6.45, 7) is 0.501. The van der Waals surface area contributed by atoms with Crippen LogP contribution in [0.25, 0.3) is 11.4 Å². The molecule has 8 heteroatoms. The molecule has 0 saturated heterocycles. The molecule has 0 radical (unpaired) electrons. The van der Waals surface area contributed by atoms with Crippen molar-refractivity contribution in [1.29, 1.82) is 0 Å². The Balaban J connectivity index is 1.48. The summed E-state index contributed by atoms with van der Waals surface area (Å²) in [4.78, 5) is 16.0. The van der Waals surface area contributed by atoms with Crippen molar-refractivity contribution < 1.29 is 22.5 Å². The Kier molecular flexibility index (Phi) is 4.86. The van der Waals surface area contributed by atoms with Crippen LogP contribution in [-0.4, -0.2) is 22.6 Å². The van der Waals surface area contributed by atoms with E-state index in [-0.39, 0.29) is 22.7 Å². The molecule has 1 N–H and O–H groups in total. The molecule has 150 valence electrons. The molecule has 0 aliphatic heterocycles. The van der Waals surface area contributed by atoms with E-state index in [0.29, 0.717) is 12.1 Å². The molecular formula is C21H18F3N3O2. The number of halogens is 3. The van der Waals surface area contributed by atoms with Gasteiger partial charge in [-0.3, -0.25) is 4.79 Å². The average molecular weight is 401 g/mol. The molecule has 1 aliphatic rings. The van der Waals surface area contributed by atoms with Gasteiger partial charge in [0, 0.05) is 23.1 Å². The van der Waals surface area contributed by atoms with Crippen LogP contribution in [0.1, 0.15) is 41.1 Å². The second-order valence-corrected chi connectivity index (χ2v) is 7.18. The fourth-order valence-electron chi connectivity index (χ4n) is 3.57. The van der Waals surface area contributed by atoms with Crippen LogP contribution in [0.2, 0.25) is 0 Å². The van der Waals surface area contributed by atoms with Crippen molar-refractivity contribution in [3.8, 4) is 11.4 Å². The van der Waals surface area contributed by atoms with Gasteiger partial charge in [0.2, 0.25) is 5.82 Å². The third-order valence-electron chi connectivity index (χ3n) is 5.34. The molecule has 2 aromatic carbocycles. The molecule has 29 heavy (non-hydrogen) atoms. The number of hydrogen-bond acceptors (Lipinski definition) is 4. The zero-order chi connectivity index (χ0) is 20.5. The van der Waals surface area contributed by atoms with Gasteiger partial charge in [-0.25, -0.2) is 0 Å². The Bertz CT molecular complexity index is 1010. The molecule has 1 aliphatic carbocycles. The van der Waals surface area contributed by atoms with Crippen LogP contribution in [0.15, 0.2) is 59.1 Å². The van der Waals surface area contributed by atoms with E-state index in [4.69, 9.17) is 0 Å².